The van der Waals surface area contributed by atoms with Crippen LogP contribution in [0.25, 0.3) is 77.3 Å². The molecule has 7 aromatic rings. The first-order valence-corrected chi connectivity index (χ1v) is 18.3. The van der Waals surface area contributed by atoms with E-state index < -0.39 is 0 Å². The van der Waals surface area contributed by atoms with Gasteiger partial charge >= 0.3 is 0 Å². The summed E-state index contributed by atoms with van der Waals surface area (Å²) >= 11 is 0. The third-order valence-corrected chi connectivity index (χ3v) is 11.4. The number of benzene rings is 5. The highest BCUT2D eigenvalue weighted by Gasteiger charge is 2.40. The van der Waals surface area contributed by atoms with Gasteiger partial charge in [0.1, 0.15) is 11.9 Å². The highest BCUT2D eigenvalue weighted by Crippen LogP contribution is 2.48. The van der Waals surface area contributed by atoms with Crippen LogP contribution in [0.4, 0.5) is 0 Å². The van der Waals surface area contributed by atoms with Crippen molar-refractivity contribution in [2.24, 2.45) is 5.92 Å². The molecule has 0 saturated carbocycles. The number of para-hydroxylation sites is 1. The molecule has 2 atom stereocenters. The van der Waals surface area contributed by atoms with E-state index in [4.69, 9.17) is 4.74 Å². The van der Waals surface area contributed by atoms with E-state index in [0.29, 0.717) is 0 Å². The highest BCUT2D eigenvalue weighted by atomic mass is 16.5. The van der Waals surface area contributed by atoms with Crippen molar-refractivity contribution in [1.29, 1.82) is 0 Å². The first-order valence-electron chi connectivity index (χ1n) is 18.3. The van der Waals surface area contributed by atoms with E-state index in [1.54, 1.807) is 0 Å². The van der Waals surface area contributed by atoms with Crippen LogP contribution in [0.1, 0.15) is 25.7 Å². The van der Waals surface area contributed by atoms with E-state index >= 15 is 0 Å². The number of allylic oxidation sites excluding steroid dienone is 8. The Morgan fingerprint density at radius 3 is 1.92 bits per heavy atom. The second-order valence-electron chi connectivity index (χ2n) is 14.2. The van der Waals surface area contributed by atoms with Crippen LogP contribution in [0, 0.1) is 5.92 Å². The summed E-state index contributed by atoms with van der Waals surface area (Å²) in [6.07, 6.45) is 22.2. The molecule has 0 fully saturated rings. The SMILES string of the molecule is C1=CCCC(n2c3ccccc3c3cc(-c4ccc5c(c4)c4cc(-c6ccccc6)ccc4n5C4=CC=CC5OC6=C(CCC=C6)C45)ccc32)=C1. The Bertz CT molecular complexity index is 2780. The molecule has 2 aromatic heterocycles. The van der Waals surface area contributed by atoms with Crippen LogP contribution in [-0.2, 0) is 4.74 Å². The normalized spacial score (nSPS) is 19.5. The van der Waals surface area contributed by atoms with Crippen molar-refractivity contribution >= 4 is 55.0 Å². The average molecular weight is 657 g/mol. The molecular weight excluding hydrogens is 621 g/mol. The molecule has 0 bridgehead atoms. The lowest BCUT2D eigenvalue weighted by molar-refractivity contribution is 0.175. The number of nitrogens with zero attached hydrogens (tertiary/aromatic N) is 2. The first kappa shape index (κ1) is 28.7. The molecule has 3 heterocycles. The van der Waals surface area contributed by atoms with Gasteiger partial charge < -0.3 is 13.9 Å². The fourth-order valence-electron chi connectivity index (χ4n) is 9.10. The minimum atomic E-state index is 0.0300. The molecule has 0 saturated heterocycles. The van der Waals surface area contributed by atoms with E-state index in [0.717, 1.165) is 31.4 Å². The standard InChI is InChI=1S/C48H36N2O/c1-3-12-31(13-4-1)32-22-26-43-39(28-32)40-30-34(24-27-44(40)50(43)45-19-11-21-47-48(45)37-17-8-10-20-46(37)51-47)33-23-25-42-38(29-33)36-16-7-9-18-41(36)49(42)35-14-5-2-6-15-35/h1-5,7,9-14,16,18-30,47-48H,6,8,15,17H2. The average Bonchev–Trinajstić information content (AvgIpc) is 3.85. The fourth-order valence-corrected chi connectivity index (χ4v) is 9.10. The quantitative estimate of drug-likeness (QED) is 0.184. The summed E-state index contributed by atoms with van der Waals surface area (Å²) in [5.41, 5.74) is 14.0. The summed E-state index contributed by atoms with van der Waals surface area (Å²) in [5, 5.41) is 5.13. The molecule has 11 rings (SSSR count). The topological polar surface area (TPSA) is 19.1 Å². The van der Waals surface area contributed by atoms with E-state index in [1.807, 2.05) is 0 Å². The molecule has 4 aliphatic rings. The van der Waals surface area contributed by atoms with Crippen molar-refractivity contribution in [3.8, 4) is 22.3 Å². The molecule has 3 heteroatoms. The summed E-state index contributed by atoms with van der Waals surface area (Å²) < 4.78 is 11.5. The third-order valence-electron chi connectivity index (χ3n) is 11.4. The molecule has 0 amide bonds. The lowest BCUT2D eigenvalue weighted by atomic mass is 9.84. The van der Waals surface area contributed by atoms with Crippen LogP contribution < -0.4 is 0 Å². The van der Waals surface area contributed by atoms with Crippen molar-refractivity contribution < 1.29 is 4.74 Å². The van der Waals surface area contributed by atoms with Crippen LogP contribution in [-0.4, -0.2) is 15.2 Å². The van der Waals surface area contributed by atoms with E-state index in [-0.39, 0.29) is 12.0 Å². The lowest BCUT2D eigenvalue weighted by Gasteiger charge is -2.26. The van der Waals surface area contributed by atoms with Gasteiger partial charge in [-0.1, -0.05) is 91.0 Å². The molecule has 244 valence electrons. The van der Waals surface area contributed by atoms with Crippen LogP contribution in [0.3, 0.4) is 0 Å². The number of hydrogen-bond acceptors (Lipinski definition) is 1. The van der Waals surface area contributed by atoms with Gasteiger partial charge in [0.25, 0.3) is 0 Å². The van der Waals surface area contributed by atoms with Crippen LogP contribution >= 0.6 is 0 Å². The van der Waals surface area contributed by atoms with Gasteiger partial charge in [-0.2, -0.15) is 0 Å². The predicted molar refractivity (Wildman–Crippen MR) is 213 cm³/mol. The molecular formula is C48H36N2O. The molecule has 0 radical (unpaired) electrons. The molecule has 3 nitrogen and oxygen atoms in total. The van der Waals surface area contributed by atoms with Gasteiger partial charge in [0.15, 0.2) is 0 Å². The Kier molecular flexibility index (Phi) is 6.33. The second kappa shape index (κ2) is 11.2. The maximum atomic E-state index is 6.53. The largest absolute Gasteiger partial charge is 0.485 e. The Morgan fingerprint density at radius 2 is 1.18 bits per heavy atom. The van der Waals surface area contributed by atoms with Gasteiger partial charge in [-0.25, -0.2) is 0 Å². The molecule has 5 aromatic carbocycles. The van der Waals surface area contributed by atoms with Gasteiger partial charge in [-0.05, 0) is 120 Å². The maximum Gasteiger partial charge on any atom is 0.129 e. The molecule has 0 N–H and O–H groups in total. The summed E-state index contributed by atoms with van der Waals surface area (Å²) in [6, 6.07) is 40.7. The van der Waals surface area contributed by atoms with Crippen molar-refractivity contribution in [2.75, 3.05) is 0 Å². The van der Waals surface area contributed by atoms with E-state index in [9.17, 15) is 0 Å². The Balaban J connectivity index is 1.12. The maximum absolute atomic E-state index is 6.53. The summed E-state index contributed by atoms with van der Waals surface area (Å²) in [4.78, 5) is 0. The van der Waals surface area contributed by atoms with Crippen molar-refractivity contribution in [3.05, 3.63) is 169 Å². The molecule has 3 aliphatic carbocycles. The zero-order valence-electron chi connectivity index (χ0n) is 28.3. The number of ether oxygens (including phenoxy) is 1. The van der Waals surface area contributed by atoms with Crippen LogP contribution in [0.5, 0.6) is 0 Å². The number of aromatic nitrogens is 2. The lowest BCUT2D eigenvalue weighted by Crippen LogP contribution is -2.23. The van der Waals surface area contributed by atoms with Crippen molar-refractivity contribution in [1.82, 2.24) is 9.13 Å². The zero-order valence-corrected chi connectivity index (χ0v) is 28.3. The molecule has 1 aliphatic heterocycles. The number of fused-ring (bicyclic) bond motifs is 8. The number of rotatable bonds is 4. The summed E-state index contributed by atoms with van der Waals surface area (Å²) in [5.74, 6) is 1.27. The number of hydrogen-bond donors (Lipinski definition) is 0. The minimum Gasteiger partial charge on any atom is -0.485 e. The molecule has 0 spiro atoms. The smallest absolute Gasteiger partial charge is 0.129 e. The van der Waals surface area contributed by atoms with Gasteiger partial charge in [0, 0.05) is 32.9 Å². The monoisotopic (exact) mass is 656 g/mol. The Hall–Kier alpha value is -6.06. The summed E-state index contributed by atoms with van der Waals surface area (Å²) in [6.45, 7) is 0. The first-order chi connectivity index (χ1) is 25.3. The van der Waals surface area contributed by atoms with Gasteiger partial charge in [0.2, 0.25) is 0 Å². The van der Waals surface area contributed by atoms with Crippen molar-refractivity contribution in [3.63, 3.8) is 0 Å². The Labute approximate surface area is 297 Å². The van der Waals surface area contributed by atoms with E-state index in [1.165, 1.54) is 82.8 Å². The fraction of sp³-hybridized carbons (Fsp3) is 0.125. The third kappa shape index (κ3) is 4.37. The Morgan fingerprint density at radius 1 is 0.529 bits per heavy atom. The molecule has 51 heavy (non-hydrogen) atoms. The molecule has 2 unspecified atom stereocenters. The van der Waals surface area contributed by atoms with Crippen LogP contribution in [0.2, 0.25) is 0 Å². The second-order valence-corrected chi connectivity index (χ2v) is 14.2. The predicted octanol–water partition coefficient (Wildman–Crippen LogP) is 12.5. The zero-order chi connectivity index (χ0) is 33.5. The summed E-state index contributed by atoms with van der Waals surface area (Å²) in [7, 11) is 0. The van der Waals surface area contributed by atoms with Gasteiger partial charge in [-0.3, -0.25) is 0 Å². The van der Waals surface area contributed by atoms with Crippen LogP contribution in [0.15, 0.2) is 169 Å². The van der Waals surface area contributed by atoms with Gasteiger partial charge in [-0.15, -0.1) is 0 Å². The highest BCUT2D eigenvalue weighted by molar-refractivity contribution is 6.14. The minimum absolute atomic E-state index is 0.0300. The van der Waals surface area contributed by atoms with E-state index in [2.05, 4.69) is 167 Å². The van der Waals surface area contributed by atoms with Crippen molar-refractivity contribution in [2.45, 2.75) is 31.8 Å². The van der Waals surface area contributed by atoms with Gasteiger partial charge in [0.05, 0.1) is 28.0 Å².